The van der Waals surface area contributed by atoms with Crippen LogP contribution in [0.2, 0.25) is 0 Å². The van der Waals surface area contributed by atoms with Gasteiger partial charge in [0.25, 0.3) is 0 Å². The molecule has 110 valence electrons. The largest absolute Gasteiger partial charge is 0.379 e. The molecule has 2 atom stereocenters. The van der Waals surface area contributed by atoms with Crippen LogP contribution in [0.3, 0.4) is 0 Å². The van der Waals surface area contributed by atoms with E-state index >= 15 is 0 Å². The highest BCUT2D eigenvalue weighted by atomic mass is 16.6. The summed E-state index contributed by atoms with van der Waals surface area (Å²) in [7, 11) is 1.64. The lowest BCUT2D eigenvalue weighted by Crippen LogP contribution is -2.30. The number of aryl methyl sites for hydroxylation is 1. The number of rotatable bonds is 5. The predicted molar refractivity (Wildman–Crippen MR) is 73.3 cm³/mol. The second-order valence-corrected chi connectivity index (χ2v) is 4.69. The van der Waals surface area contributed by atoms with Gasteiger partial charge in [-0.25, -0.2) is 10.8 Å². The minimum absolute atomic E-state index is 0.00127. The Morgan fingerprint density at radius 1 is 1.45 bits per heavy atom. The number of nitro groups is 1. The fourth-order valence-electron chi connectivity index (χ4n) is 2.50. The first-order valence-corrected chi connectivity index (χ1v) is 6.35. The smallest absolute Gasteiger partial charge is 0.332 e. The molecule has 1 aliphatic carbocycles. The molecule has 1 aromatic heterocycles. The van der Waals surface area contributed by atoms with Gasteiger partial charge in [0.1, 0.15) is 5.69 Å². The van der Waals surface area contributed by atoms with Crippen molar-refractivity contribution in [3.63, 3.8) is 0 Å². The van der Waals surface area contributed by atoms with E-state index in [1.807, 2.05) is 0 Å². The third-order valence-electron chi connectivity index (χ3n) is 3.45. The highest BCUT2D eigenvalue weighted by molar-refractivity contribution is 5.61. The van der Waals surface area contributed by atoms with Crippen molar-refractivity contribution in [1.82, 2.24) is 9.97 Å². The molecule has 1 aliphatic rings. The summed E-state index contributed by atoms with van der Waals surface area (Å²) in [4.78, 5) is 18.7. The number of nitrogens with one attached hydrogen (secondary N) is 2. The van der Waals surface area contributed by atoms with Crippen molar-refractivity contribution in [3.8, 4) is 0 Å². The third-order valence-corrected chi connectivity index (χ3v) is 3.45. The minimum atomic E-state index is -0.491. The highest BCUT2D eigenvalue weighted by Gasteiger charge is 2.31. The zero-order valence-corrected chi connectivity index (χ0v) is 11.4. The molecule has 0 aliphatic heterocycles. The van der Waals surface area contributed by atoms with Gasteiger partial charge in [0.15, 0.2) is 0 Å². The van der Waals surface area contributed by atoms with Crippen LogP contribution < -0.4 is 16.6 Å². The molecule has 0 amide bonds. The lowest BCUT2D eigenvalue weighted by Gasteiger charge is -2.20. The third kappa shape index (κ3) is 2.78. The molecular weight excluding hydrogens is 264 g/mol. The van der Waals surface area contributed by atoms with Crippen molar-refractivity contribution < 1.29 is 9.66 Å². The fourth-order valence-corrected chi connectivity index (χ4v) is 2.50. The van der Waals surface area contributed by atoms with Gasteiger partial charge in [-0.05, 0) is 26.2 Å². The molecule has 20 heavy (non-hydrogen) atoms. The van der Waals surface area contributed by atoms with Gasteiger partial charge >= 0.3 is 5.69 Å². The van der Waals surface area contributed by atoms with Crippen molar-refractivity contribution in [2.45, 2.75) is 38.3 Å². The number of nitrogens with two attached hydrogens (primary N) is 1. The van der Waals surface area contributed by atoms with Crippen LogP contribution in [-0.4, -0.2) is 34.1 Å². The molecule has 0 radical (unpaired) electrons. The quantitative estimate of drug-likeness (QED) is 0.414. The summed E-state index contributed by atoms with van der Waals surface area (Å²) in [5.74, 6) is 5.59. The maximum absolute atomic E-state index is 11.2. The van der Waals surface area contributed by atoms with Crippen molar-refractivity contribution in [2.75, 3.05) is 17.9 Å². The standard InChI is InChI=1S/C11H18N6O3/c1-6-9(17(18)19)10(15-11(13-6)16-12)14-7-4-3-5-8(7)20-2/h7-8H,3-5,12H2,1-2H3,(H2,13,14,15,16). The van der Waals surface area contributed by atoms with E-state index in [1.165, 1.54) is 0 Å². The molecule has 9 heteroatoms. The van der Waals surface area contributed by atoms with E-state index in [4.69, 9.17) is 10.6 Å². The van der Waals surface area contributed by atoms with Gasteiger partial charge in [0, 0.05) is 7.11 Å². The van der Waals surface area contributed by atoms with Gasteiger partial charge < -0.3 is 10.1 Å². The average Bonchev–Trinajstić information content (AvgIpc) is 2.84. The summed E-state index contributed by atoms with van der Waals surface area (Å²) in [5.41, 5.74) is 2.43. The number of hydrogen-bond acceptors (Lipinski definition) is 8. The van der Waals surface area contributed by atoms with E-state index in [9.17, 15) is 10.1 Å². The summed E-state index contributed by atoms with van der Waals surface area (Å²) in [5, 5.41) is 14.3. The number of anilines is 2. The number of nitrogens with zero attached hydrogens (tertiary/aromatic N) is 3. The Hall–Kier alpha value is -2.00. The minimum Gasteiger partial charge on any atom is -0.379 e. The molecular formula is C11H18N6O3. The lowest BCUT2D eigenvalue weighted by atomic mass is 10.2. The van der Waals surface area contributed by atoms with E-state index < -0.39 is 4.92 Å². The van der Waals surface area contributed by atoms with E-state index in [1.54, 1.807) is 14.0 Å². The maximum Gasteiger partial charge on any atom is 0.332 e. The highest BCUT2D eigenvalue weighted by Crippen LogP contribution is 2.31. The number of ether oxygens (including phenoxy) is 1. The molecule has 2 unspecified atom stereocenters. The Bertz CT molecular complexity index is 509. The molecule has 0 spiro atoms. The van der Waals surface area contributed by atoms with Crippen LogP contribution in [0.1, 0.15) is 25.0 Å². The summed E-state index contributed by atoms with van der Waals surface area (Å²) in [6.07, 6.45) is 2.84. The van der Waals surface area contributed by atoms with Crippen LogP contribution in [0.25, 0.3) is 0 Å². The second kappa shape index (κ2) is 5.97. The average molecular weight is 282 g/mol. The first-order chi connectivity index (χ1) is 9.56. The van der Waals surface area contributed by atoms with Crippen molar-refractivity contribution in [1.29, 1.82) is 0 Å². The van der Waals surface area contributed by atoms with Crippen LogP contribution in [-0.2, 0) is 4.74 Å². The second-order valence-electron chi connectivity index (χ2n) is 4.69. The molecule has 0 bridgehead atoms. The van der Waals surface area contributed by atoms with Gasteiger partial charge in [-0.15, -0.1) is 0 Å². The van der Waals surface area contributed by atoms with Crippen LogP contribution in [0, 0.1) is 17.0 Å². The molecule has 1 heterocycles. The molecule has 1 saturated carbocycles. The van der Waals surface area contributed by atoms with Gasteiger partial charge in [0.2, 0.25) is 11.8 Å². The van der Waals surface area contributed by atoms with Crippen molar-refractivity contribution in [2.24, 2.45) is 5.84 Å². The number of hydrogen-bond donors (Lipinski definition) is 3. The van der Waals surface area contributed by atoms with Gasteiger partial charge in [-0.1, -0.05) is 0 Å². The lowest BCUT2D eigenvalue weighted by molar-refractivity contribution is -0.385. The summed E-state index contributed by atoms with van der Waals surface area (Å²) in [6.45, 7) is 1.55. The summed E-state index contributed by atoms with van der Waals surface area (Å²) in [6, 6.07) is -0.00127. The van der Waals surface area contributed by atoms with E-state index in [0.29, 0.717) is 0 Å². The molecule has 0 saturated heterocycles. The monoisotopic (exact) mass is 282 g/mol. The Morgan fingerprint density at radius 2 is 2.20 bits per heavy atom. The molecule has 9 nitrogen and oxygen atoms in total. The van der Waals surface area contributed by atoms with E-state index in [2.05, 4.69) is 20.7 Å². The molecule has 2 rings (SSSR count). The van der Waals surface area contributed by atoms with Crippen LogP contribution >= 0.6 is 0 Å². The Balaban J connectivity index is 2.33. The Morgan fingerprint density at radius 3 is 2.80 bits per heavy atom. The maximum atomic E-state index is 11.2. The summed E-state index contributed by atoms with van der Waals surface area (Å²) < 4.78 is 5.37. The Labute approximate surface area is 116 Å². The van der Waals surface area contributed by atoms with E-state index in [-0.39, 0.29) is 35.3 Å². The van der Waals surface area contributed by atoms with Crippen LogP contribution in [0.5, 0.6) is 0 Å². The van der Waals surface area contributed by atoms with Gasteiger partial charge in [-0.2, -0.15) is 4.98 Å². The van der Waals surface area contributed by atoms with Gasteiger partial charge in [0.05, 0.1) is 17.1 Å². The topological polar surface area (TPSA) is 128 Å². The normalized spacial score (nSPS) is 21.8. The van der Waals surface area contributed by atoms with E-state index in [0.717, 1.165) is 19.3 Å². The molecule has 1 fully saturated rings. The first kappa shape index (κ1) is 14.4. The van der Waals surface area contributed by atoms with Gasteiger partial charge in [-0.3, -0.25) is 15.5 Å². The molecule has 0 aromatic carbocycles. The Kier molecular flexibility index (Phi) is 4.30. The first-order valence-electron chi connectivity index (χ1n) is 6.35. The molecule has 4 N–H and O–H groups in total. The number of hydrazine groups is 1. The number of aromatic nitrogens is 2. The molecule has 1 aromatic rings. The summed E-state index contributed by atoms with van der Waals surface area (Å²) >= 11 is 0. The SMILES string of the molecule is COC1CCCC1Nc1nc(NN)nc(C)c1[N+](=O)[O-]. The number of methoxy groups -OCH3 is 1. The predicted octanol–water partition coefficient (Wildman–Crippen LogP) is 0.958. The zero-order valence-electron chi connectivity index (χ0n) is 11.4. The fraction of sp³-hybridized carbons (Fsp3) is 0.636. The van der Waals surface area contributed by atoms with Crippen molar-refractivity contribution in [3.05, 3.63) is 15.8 Å². The van der Waals surface area contributed by atoms with Crippen molar-refractivity contribution >= 4 is 17.5 Å². The number of nitrogen functional groups attached to an aromatic ring is 1. The van der Waals surface area contributed by atoms with Crippen LogP contribution in [0.4, 0.5) is 17.5 Å². The van der Waals surface area contributed by atoms with Crippen LogP contribution in [0.15, 0.2) is 0 Å². The zero-order chi connectivity index (χ0) is 14.7.